The van der Waals surface area contributed by atoms with Gasteiger partial charge in [0.1, 0.15) is 5.76 Å². The monoisotopic (exact) mass is 297 g/mol. The number of benzene rings is 1. The van der Waals surface area contributed by atoms with Gasteiger partial charge in [-0.3, -0.25) is 4.79 Å². The molecule has 0 aliphatic heterocycles. The van der Waals surface area contributed by atoms with Crippen LogP contribution in [0.1, 0.15) is 17.7 Å². The van der Waals surface area contributed by atoms with Crippen LogP contribution in [0.4, 0.5) is 0 Å². The van der Waals surface area contributed by atoms with Crippen molar-refractivity contribution in [2.24, 2.45) is 0 Å². The van der Waals surface area contributed by atoms with Crippen LogP contribution >= 0.6 is 23.2 Å². The molecule has 0 radical (unpaired) electrons. The van der Waals surface area contributed by atoms with Gasteiger partial charge < -0.3 is 9.73 Å². The molecule has 2 rings (SSSR count). The molecule has 0 aliphatic carbocycles. The molecule has 0 atom stereocenters. The molecule has 2 aromatic rings. The third-order valence-corrected chi connectivity index (χ3v) is 3.26. The zero-order valence-corrected chi connectivity index (χ0v) is 11.7. The minimum absolute atomic E-state index is 0.0394. The van der Waals surface area contributed by atoms with E-state index in [0.717, 1.165) is 11.3 Å². The normalized spacial score (nSPS) is 10.4. The number of aryl methyl sites for hydroxylation is 1. The summed E-state index contributed by atoms with van der Waals surface area (Å²) in [5.41, 5.74) is 0.916. The average molecular weight is 298 g/mol. The Bertz CT molecular complexity index is 553. The molecule has 0 fully saturated rings. The molecule has 3 nitrogen and oxygen atoms in total. The largest absolute Gasteiger partial charge is 0.467 e. The first-order valence-corrected chi connectivity index (χ1v) is 6.64. The van der Waals surface area contributed by atoms with Gasteiger partial charge in [0.15, 0.2) is 0 Å². The van der Waals surface area contributed by atoms with Gasteiger partial charge in [0.2, 0.25) is 5.91 Å². The van der Waals surface area contributed by atoms with Crippen molar-refractivity contribution in [2.75, 3.05) is 0 Å². The van der Waals surface area contributed by atoms with Gasteiger partial charge >= 0.3 is 0 Å². The zero-order chi connectivity index (χ0) is 13.7. The highest BCUT2D eigenvalue weighted by Gasteiger charge is 2.06. The van der Waals surface area contributed by atoms with E-state index >= 15 is 0 Å². The van der Waals surface area contributed by atoms with Crippen molar-refractivity contribution in [3.05, 3.63) is 58.0 Å². The Morgan fingerprint density at radius 2 is 2.11 bits per heavy atom. The number of hydrogen-bond donors (Lipinski definition) is 1. The Morgan fingerprint density at radius 1 is 1.26 bits per heavy atom. The Hall–Kier alpha value is -1.45. The molecule has 1 N–H and O–H groups in total. The van der Waals surface area contributed by atoms with Crippen molar-refractivity contribution in [3.8, 4) is 0 Å². The summed E-state index contributed by atoms with van der Waals surface area (Å²) in [5, 5.41) is 3.97. The number of halogens is 2. The van der Waals surface area contributed by atoms with E-state index in [2.05, 4.69) is 5.32 Å². The van der Waals surface area contributed by atoms with E-state index in [9.17, 15) is 4.79 Å². The molecular weight excluding hydrogens is 285 g/mol. The van der Waals surface area contributed by atoms with Gasteiger partial charge in [-0.05, 0) is 36.2 Å². The van der Waals surface area contributed by atoms with Crippen molar-refractivity contribution >= 4 is 29.1 Å². The summed E-state index contributed by atoms with van der Waals surface area (Å²) in [4.78, 5) is 11.7. The molecule has 1 amide bonds. The minimum atomic E-state index is -0.0394. The van der Waals surface area contributed by atoms with E-state index < -0.39 is 0 Å². The molecule has 5 heteroatoms. The lowest BCUT2D eigenvalue weighted by Crippen LogP contribution is -2.22. The number of furan rings is 1. The van der Waals surface area contributed by atoms with Crippen molar-refractivity contribution in [1.82, 2.24) is 5.32 Å². The van der Waals surface area contributed by atoms with Gasteiger partial charge in [0.25, 0.3) is 0 Å². The molecule has 100 valence electrons. The first-order chi connectivity index (χ1) is 9.15. The van der Waals surface area contributed by atoms with Gasteiger partial charge in [0, 0.05) is 16.5 Å². The maximum Gasteiger partial charge on any atom is 0.220 e. The summed E-state index contributed by atoms with van der Waals surface area (Å²) >= 11 is 11.9. The van der Waals surface area contributed by atoms with Gasteiger partial charge in [-0.25, -0.2) is 0 Å². The maximum atomic E-state index is 11.7. The molecular formula is C14H13Cl2NO2. The number of nitrogens with one attached hydrogen (secondary N) is 1. The molecule has 1 heterocycles. The summed E-state index contributed by atoms with van der Waals surface area (Å²) in [6, 6.07) is 8.89. The lowest BCUT2D eigenvalue weighted by atomic mass is 10.1. The molecule has 0 saturated carbocycles. The molecule has 0 bridgehead atoms. The Labute approximate surface area is 121 Å². The Kier molecular flexibility index (Phi) is 4.88. The number of carbonyl (C=O) groups is 1. The van der Waals surface area contributed by atoms with E-state index in [4.69, 9.17) is 27.6 Å². The van der Waals surface area contributed by atoms with E-state index in [-0.39, 0.29) is 5.91 Å². The second-order valence-corrected chi connectivity index (χ2v) is 4.94. The van der Waals surface area contributed by atoms with Crippen LogP contribution in [0, 0.1) is 0 Å². The van der Waals surface area contributed by atoms with Crippen molar-refractivity contribution in [2.45, 2.75) is 19.4 Å². The SMILES string of the molecule is O=C(CCc1ccc(Cl)cc1Cl)NCc1ccco1. The van der Waals surface area contributed by atoms with Gasteiger partial charge in [-0.15, -0.1) is 0 Å². The summed E-state index contributed by atoms with van der Waals surface area (Å²) in [6.07, 6.45) is 2.54. The van der Waals surface area contributed by atoms with Crippen LogP contribution in [0.3, 0.4) is 0 Å². The van der Waals surface area contributed by atoms with Crippen LogP contribution in [0.2, 0.25) is 10.0 Å². The third-order valence-electron chi connectivity index (χ3n) is 2.68. The second kappa shape index (κ2) is 6.64. The number of hydrogen-bond acceptors (Lipinski definition) is 2. The van der Waals surface area contributed by atoms with Gasteiger partial charge in [0.05, 0.1) is 12.8 Å². The standard InChI is InChI=1S/C14H13Cl2NO2/c15-11-5-3-10(13(16)8-11)4-6-14(18)17-9-12-2-1-7-19-12/h1-3,5,7-8H,4,6,9H2,(H,17,18). The smallest absolute Gasteiger partial charge is 0.220 e. The van der Waals surface area contributed by atoms with Crippen molar-refractivity contribution in [1.29, 1.82) is 0 Å². The lowest BCUT2D eigenvalue weighted by Gasteiger charge is -2.05. The summed E-state index contributed by atoms with van der Waals surface area (Å²) in [6.45, 7) is 0.403. The fourth-order valence-electron chi connectivity index (χ4n) is 1.66. The summed E-state index contributed by atoms with van der Waals surface area (Å²) < 4.78 is 5.13. The number of amides is 1. The third kappa shape index (κ3) is 4.30. The average Bonchev–Trinajstić information content (AvgIpc) is 2.88. The van der Waals surface area contributed by atoms with Gasteiger partial charge in [-0.2, -0.15) is 0 Å². The highest BCUT2D eigenvalue weighted by molar-refractivity contribution is 6.35. The Balaban J connectivity index is 1.80. The summed E-state index contributed by atoms with van der Waals surface area (Å²) in [7, 11) is 0. The van der Waals surface area contributed by atoms with E-state index in [1.807, 2.05) is 12.1 Å². The highest BCUT2D eigenvalue weighted by Crippen LogP contribution is 2.21. The first-order valence-electron chi connectivity index (χ1n) is 5.88. The fraction of sp³-hybridized carbons (Fsp3) is 0.214. The predicted molar refractivity (Wildman–Crippen MR) is 75.3 cm³/mol. The molecule has 0 saturated heterocycles. The number of carbonyl (C=O) groups excluding carboxylic acids is 1. The second-order valence-electron chi connectivity index (χ2n) is 4.09. The van der Waals surface area contributed by atoms with Crippen LogP contribution in [-0.4, -0.2) is 5.91 Å². The number of rotatable bonds is 5. The van der Waals surface area contributed by atoms with Crippen LogP contribution in [0.25, 0.3) is 0 Å². The first kappa shape index (κ1) is 14.0. The minimum Gasteiger partial charge on any atom is -0.467 e. The molecule has 0 spiro atoms. The molecule has 0 aliphatic rings. The topological polar surface area (TPSA) is 42.2 Å². The van der Waals surface area contributed by atoms with E-state index in [0.29, 0.717) is 29.4 Å². The van der Waals surface area contributed by atoms with E-state index in [1.165, 1.54) is 0 Å². The van der Waals surface area contributed by atoms with Crippen LogP contribution < -0.4 is 5.32 Å². The highest BCUT2D eigenvalue weighted by atomic mass is 35.5. The fourth-order valence-corrected chi connectivity index (χ4v) is 2.16. The predicted octanol–water partition coefficient (Wildman–Crippen LogP) is 3.84. The maximum absolute atomic E-state index is 11.7. The van der Waals surface area contributed by atoms with Crippen LogP contribution in [0.5, 0.6) is 0 Å². The van der Waals surface area contributed by atoms with Crippen molar-refractivity contribution in [3.63, 3.8) is 0 Å². The zero-order valence-electron chi connectivity index (χ0n) is 10.2. The van der Waals surface area contributed by atoms with Crippen LogP contribution in [0.15, 0.2) is 41.0 Å². The van der Waals surface area contributed by atoms with Crippen molar-refractivity contribution < 1.29 is 9.21 Å². The summed E-state index contributed by atoms with van der Waals surface area (Å²) in [5.74, 6) is 0.695. The van der Waals surface area contributed by atoms with Gasteiger partial charge in [-0.1, -0.05) is 29.3 Å². The lowest BCUT2D eigenvalue weighted by molar-refractivity contribution is -0.121. The van der Waals surface area contributed by atoms with E-state index in [1.54, 1.807) is 24.5 Å². The molecule has 1 aromatic heterocycles. The van der Waals surface area contributed by atoms with Crippen LogP contribution in [-0.2, 0) is 17.8 Å². The molecule has 1 aromatic carbocycles. The molecule has 0 unspecified atom stereocenters. The quantitative estimate of drug-likeness (QED) is 0.911. The Morgan fingerprint density at radius 3 is 2.79 bits per heavy atom. The molecule has 19 heavy (non-hydrogen) atoms.